The van der Waals surface area contributed by atoms with E-state index in [0.29, 0.717) is 25.9 Å². The minimum absolute atomic E-state index is 0.0232. The molecule has 0 aromatic carbocycles. The Morgan fingerprint density at radius 3 is 2.00 bits per heavy atom. The fourth-order valence-electron chi connectivity index (χ4n) is 3.16. The fraction of sp³-hybridized carbons (Fsp3) is 0.846. The van der Waals surface area contributed by atoms with Crippen molar-refractivity contribution >= 4 is 12.1 Å². The summed E-state index contributed by atoms with van der Waals surface area (Å²) in [6.45, 7) is 4.93. The Morgan fingerprint density at radius 2 is 1.58 bits per heavy atom. The molecule has 2 heterocycles. The van der Waals surface area contributed by atoms with E-state index in [2.05, 4.69) is 11.8 Å². The van der Waals surface area contributed by atoms with Gasteiger partial charge in [0.05, 0.1) is 5.92 Å². The summed E-state index contributed by atoms with van der Waals surface area (Å²) >= 11 is 0. The lowest BCUT2D eigenvalue weighted by Crippen LogP contribution is -2.56. The van der Waals surface area contributed by atoms with E-state index in [0.717, 1.165) is 25.9 Å². The van der Waals surface area contributed by atoms with Gasteiger partial charge in [0.2, 0.25) is 0 Å². The molecule has 0 atom stereocenters. The molecule has 0 aromatic rings. The van der Waals surface area contributed by atoms with Gasteiger partial charge in [0.25, 0.3) is 0 Å². The molecule has 0 saturated carbocycles. The van der Waals surface area contributed by atoms with Crippen LogP contribution in [0, 0.1) is 5.92 Å². The van der Waals surface area contributed by atoms with Crippen molar-refractivity contribution in [3.05, 3.63) is 0 Å². The van der Waals surface area contributed by atoms with Crippen LogP contribution >= 0.6 is 0 Å². The molecule has 6 heteroatoms. The first kappa shape index (κ1) is 14.1. The molecule has 19 heavy (non-hydrogen) atoms. The summed E-state index contributed by atoms with van der Waals surface area (Å²) < 4.78 is 0. The molecule has 6 nitrogen and oxygen atoms in total. The highest BCUT2D eigenvalue weighted by atomic mass is 16.4. The second kappa shape index (κ2) is 5.36. The number of hydrogen-bond acceptors (Lipinski definition) is 3. The normalized spacial score (nSPS) is 25.2. The predicted molar refractivity (Wildman–Crippen MR) is 69.2 cm³/mol. The summed E-state index contributed by atoms with van der Waals surface area (Å²) in [5, 5.41) is 18.0. The molecule has 2 aliphatic rings. The van der Waals surface area contributed by atoms with Gasteiger partial charge in [-0.3, -0.25) is 9.69 Å². The van der Waals surface area contributed by atoms with Crippen molar-refractivity contribution < 1.29 is 19.8 Å². The number of carbonyl (C=O) groups is 2. The van der Waals surface area contributed by atoms with Crippen molar-refractivity contribution in [3.63, 3.8) is 0 Å². The molecular formula is C13H22N2O4. The number of carboxylic acids is 1. The van der Waals surface area contributed by atoms with Crippen LogP contribution in [0.2, 0.25) is 0 Å². The van der Waals surface area contributed by atoms with Gasteiger partial charge in [-0.25, -0.2) is 4.79 Å². The van der Waals surface area contributed by atoms with E-state index in [9.17, 15) is 9.59 Å². The highest BCUT2D eigenvalue weighted by Crippen LogP contribution is 2.32. The van der Waals surface area contributed by atoms with Crippen LogP contribution in [0.5, 0.6) is 0 Å². The monoisotopic (exact) mass is 270 g/mol. The number of piperidine rings is 2. The second-order valence-corrected chi connectivity index (χ2v) is 5.87. The summed E-state index contributed by atoms with van der Waals surface area (Å²) in [5.74, 6) is -0.899. The van der Waals surface area contributed by atoms with Crippen LogP contribution in [-0.4, -0.2) is 63.8 Å². The van der Waals surface area contributed by atoms with Crippen molar-refractivity contribution in [2.24, 2.45) is 5.92 Å². The smallest absolute Gasteiger partial charge is 0.407 e. The van der Waals surface area contributed by atoms with Gasteiger partial charge >= 0.3 is 12.1 Å². The van der Waals surface area contributed by atoms with E-state index in [-0.39, 0.29) is 11.5 Å². The van der Waals surface area contributed by atoms with Crippen molar-refractivity contribution in [3.8, 4) is 0 Å². The van der Waals surface area contributed by atoms with Crippen molar-refractivity contribution in [1.29, 1.82) is 0 Å². The number of carboxylic acid groups (broad SMARTS) is 2. The van der Waals surface area contributed by atoms with E-state index in [1.54, 1.807) is 0 Å². The third-order valence-electron chi connectivity index (χ3n) is 4.72. The molecule has 2 saturated heterocycles. The summed E-state index contributed by atoms with van der Waals surface area (Å²) in [6.07, 6.45) is 2.22. The number of hydrogen-bond donors (Lipinski definition) is 2. The topological polar surface area (TPSA) is 81.1 Å². The van der Waals surface area contributed by atoms with Crippen LogP contribution < -0.4 is 0 Å². The highest BCUT2D eigenvalue weighted by molar-refractivity contribution is 5.70. The molecule has 0 aromatic heterocycles. The minimum atomic E-state index is -0.841. The van der Waals surface area contributed by atoms with E-state index in [1.807, 2.05) is 0 Å². The maximum absolute atomic E-state index is 10.9. The van der Waals surface area contributed by atoms with Gasteiger partial charge in [0.1, 0.15) is 0 Å². The average Bonchev–Trinajstić information content (AvgIpc) is 2.39. The molecular weight excluding hydrogens is 248 g/mol. The van der Waals surface area contributed by atoms with E-state index < -0.39 is 12.1 Å². The second-order valence-electron chi connectivity index (χ2n) is 5.87. The summed E-state index contributed by atoms with van der Waals surface area (Å²) in [4.78, 5) is 25.7. The fourth-order valence-corrected chi connectivity index (χ4v) is 3.16. The standard InChI is InChI=1S/C13H22N2O4/c1-13(4-8-14(9-5-13)12(18)19)15-6-2-10(3-7-15)11(16)17/h10H,2-9H2,1H3,(H,16,17)(H,18,19). The highest BCUT2D eigenvalue weighted by Gasteiger charge is 2.39. The lowest BCUT2D eigenvalue weighted by atomic mass is 9.84. The quantitative estimate of drug-likeness (QED) is 0.791. The lowest BCUT2D eigenvalue weighted by molar-refractivity contribution is -0.144. The molecule has 2 N–H and O–H groups in total. The maximum Gasteiger partial charge on any atom is 0.407 e. The van der Waals surface area contributed by atoms with Gasteiger partial charge in [-0.1, -0.05) is 0 Å². The summed E-state index contributed by atoms with van der Waals surface area (Å²) in [5.41, 5.74) is 0.0232. The third-order valence-corrected chi connectivity index (χ3v) is 4.72. The molecule has 0 spiro atoms. The zero-order chi connectivity index (χ0) is 14.0. The van der Waals surface area contributed by atoms with Crippen molar-refractivity contribution in [1.82, 2.24) is 9.80 Å². The zero-order valence-electron chi connectivity index (χ0n) is 11.3. The third kappa shape index (κ3) is 3.00. The SMILES string of the molecule is CC1(N2CCC(C(=O)O)CC2)CCN(C(=O)O)CC1. The van der Waals surface area contributed by atoms with Gasteiger partial charge in [0, 0.05) is 18.6 Å². The average molecular weight is 270 g/mol. The Labute approximate surface area is 113 Å². The van der Waals surface area contributed by atoms with Crippen LogP contribution in [0.15, 0.2) is 0 Å². The largest absolute Gasteiger partial charge is 0.481 e. The number of aliphatic carboxylic acids is 1. The van der Waals surface area contributed by atoms with Crippen molar-refractivity contribution in [2.45, 2.75) is 38.1 Å². The first-order chi connectivity index (χ1) is 8.92. The number of nitrogens with zero attached hydrogens (tertiary/aromatic N) is 2. The van der Waals surface area contributed by atoms with Gasteiger partial charge in [-0.2, -0.15) is 0 Å². The van der Waals surface area contributed by atoms with Gasteiger partial charge in [-0.05, 0) is 45.7 Å². The van der Waals surface area contributed by atoms with E-state index >= 15 is 0 Å². The van der Waals surface area contributed by atoms with Crippen LogP contribution in [0.25, 0.3) is 0 Å². The van der Waals surface area contributed by atoms with Gasteiger partial charge in [-0.15, -0.1) is 0 Å². The minimum Gasteiger partial charge on any atom is -0.481 e. The molecule has 0 bridgehead atoms. The Kier molecular flexibility index (Phi) is 3.99. The Bertz CT molecular complexity index is 356. The Morgan fingerprint density at radius 1 is 1.05 bits per heavy atom. The van der Waals surface area contributed by atoms with Crippen LogP contribution in [0.4, 0.5) is 4.79 Å². The molecule has 108 valence electrons. The van der Waals surface area contributed by atoms with Crippen LogP contribution in [-0.2, 0) is 4.79 Å². The Balaban J connectivity index is 1.89. The molecule has 0 aliphatic carbocycles. The van der Waals surface area contributed by atoms with Crippen LogP contribution in [0.1, 0.15) is 32.6 Å². The van der Waals surface area contributed by atoms with Gasteiger partial charge < -0.3 is 15.1 Å². The van der Waals surface area contributed by atoms with Crippen LogP contribution in [0.3, 0.4) is 0 Å². The zero-order valence-corrected chi connectivity index (χ0v) is 11.3. The number of rotatable bonds is 2. The first-order valence-electron chi connectivity index (χ1n) is 6.88. The molecule has 1 amide bonds. The molecule has 2 fully saturated rings. The lowest BCUT2D eigenvalue weighted by Gasteiger charge is -2.48. The first-order valence-corrected chi connectivity index (χ1v) is 6.88. The predicted octanol–water partition coefficient (Wildman–Crippen LogP) is 1.32. The summed E-state index contributed by atoms with van der Waals surface area (Å²) in [7, 11) is 0. The number of amides is 1. The molecule has 2 rings (SSSR count). The van der Waals surface area contributed by atoms with E-state index in [1.165, 1.54) is 4.90 Å². The molecule has 0 unspecified atom stereocenters. The maximum atomic E-state index is 10.9. The molecule has 2 aliphatic heterocycles. The number of likely N-dealkylation sites (tertiary alicyclic amines) is 2. The molecule has 0 radical (unpaired) electrons. The van der Waals surface area contributed by atoms with Gasteiger partial charge in [0.15, 0.2) is 0 Å². The summed E-state index contributed by atoms with van der Waals surface area (Å²) in [6, 6.07) is 0. The van der Waals surface area contributed by atoms with Crippen molar-refractivity contribution in [2.75, 3.05) is 26.2 Å². The van der Waals surface area contributed by atoms with E-state index in [4.69, 9.17) is 10.2 Å². The Hall–Kier alpha value is -1.30.